The van der Waals surface area contributed by atoms with Crippen LogP contribution in [0.3, 0.4) is 0 Å². The van der Waals surface area contributed by atoms with E-state index in [-0.39, 0.29) is 11.4 Å². The Bertz CT molecular complexity index is 486. The fourth-order valence-corrected chi connectivity index (χ4v) is 2.54. The largest absolute Gasteiger partial charge is 0.409 e. The first-order valence-electron chi connectivity index (χ1n) is 7.13. The zero-order chi connectivity index (χ0) is 14.5. The summed E-state index contributed by atoms with van der Waals surface area (Å²) in [6.45, 7) is 4.56. The van der Waals surface area contributed by atoms with Gasteiger partial charge in [0.1, 0.15) is 5.82 Å². The van der Waals surface area contributed by atoms with E-state index in [1.165, 1.54) is 25.3 Å². The molecule has 0 spiro atoms. The van der Waals surface area contributed by atoms with Gasteiger partial charge in [0, 0.05) is 18.7 Å². The second-order valence-electron chi connectivity index (χ2n) is 5.39. The van der Waals surface area contributed by atoms with E-state index >= 15 is 0 Å². The highest BCUT2D eigenvalue weighted by molar-refractivity contribution is 5.97. The number of hydrogen-bond acceptors (Lipinski definition) is 3. The van der Waals surface area contributed by atoms with Crippen molar-refractivity contribution in [3.8, 4) is 0 Å². The van der Waals surface area contributed by atoms with E-state index < -0.39 is 5.82 Å². The molecule has 0 saturated heterocycles. The van der Waals surface area contributed by atoms with Crippen molar-refractivity contribution in [2.75, 3.05) is 13.1 Å². The van der Waals surface area contributed by atoms with Gasteiger partial charge >= 0.3 is 0 Å². The summed E-state index contributed by atoms with van der Waals surface area (Å²) in [7, 11) is 0. The third-order valence-electron chi connectivity index (χ3n) is 4.04. The molecule has 1 aromatic rings. The molecule has 1 aliphatic carbocycles. The third kappa shape index (κ3) is 3.28. The Morgan fingerprint density at radius 2 is 2.25 bits per heavy atom. The maximum atomic E-state index is 14.3. The van der Waals surface area contributed by atoms with Crippen molar-refractivity contribution in [3.05, 3.63) is 35.1 Å². The molecule has 0 unspecified atom stereocenters. The van der Waals surface area contributed by atoms with Crippen LogP contribution in [-0.4, -0.2) is 29.0 Å². The summed E-state index contributed by atoms with van der Waals surface area (Å²) in [6.07, 6.45) is 3.88. The van der Waals surface area contributed by atoms with Crippen molar-refractivity contribution in [1.82, 2.24) is 4.90 Å². The molecule has 0 amide bonds. The highest BCUT2D eigenvalue weighted by Crippen LogP contribution is 2.27. The molecule has 4 nitrogen and oxygen atoms in total. The molecule has 20 heavy (non-hydrogen) atoms. The van der Waals surface area contributed by atoms with Gasteiger partial charge in [-0.25, -0.2) is 4.39 Å². The minimum absolute atomic E-state index is 0.157. The molecule has 0 atom stereocenters. The second-order valence-corrected chi connectivity index (χ2v) is 5.39. The van der Waals surface area contributed by atoms with Crippen LogP contribution in [0.2, 0.25) is 0 Å². The van der Waals surface area contributed by atoms with Gasteiger partial charge in [0.05, 0.1) is 5.56 Å². The van der Waals surface area contributed by atoms with Gasteiger partial charge in [-0.3, -0.25) is 4.90 Å². The molecule has 1 fully saturated rings. The topological polar surface area (TPSA) is 61.8 Å². The SMILES string of the molecule is CCN(Cc1cccc(/C(N)=N/O)c1F)CC1CCC1. The Balaban J connectivity index is 2.11. The Morgan fingerprint density at radius 3 is 2.80 bits per heavy atom. The number of oxime groups is 1. The van der Waals surface area contributed by atoms with Crippen molar-refractivity contribution >= 4 is 5.84 Å². The van der Waals surface area contributed by atoms with Crippen LogP contribution in [0.15, 0.2) is 23.4 Å². The number of halogens is 1. The molecule has 0 radical (unpaired) electrons. The highest BCUT2D eigenvalue weighted by Gasteiger charge is 2.21. The third-order valence-corrected chi connectivity index (χ3v) is 4.04. The summed E-state index contributed by atoms with van der Waals surface area (Å²) >= 11 is 0. The Morgan fingerprint density at radius 1 is 1.50 bits per heavy atom. The number of nitrogens with zero attached hydrogens (tertiary/aromatic N) is 2. The average molecular weight is 279 g/mol. The molecule has 1 aromatic carbocycles. The van der Waals surface area contributed by atoms with Crippen LogP contribution >= 0.6 is 0 Å². The molecular weight excluding hydrogens is 257 g/mol. The van der Waals surface area contributed by atoms with E-state index in [2.05, 4.69) is 17.0 Å². The number of rotatable bonds is 6. The molecule has 1 saturated carbocycles. The zero-order valence-electron chi connectivity index (χ0n) is 11.8. The molecule has 0 aromatic heterocycles. The molecule has 110 valence electrons. The summed E-state index contributed by atoms with van der Waals surface area (Å²) in [5.74, 6) is 0.173. The van der Waals surface area contributed by atoms with Gasteiger partial charge in [-0.15, -0.1) is 0 Å². The highest BCUT2D eigenvalue weighted by atomic mass is 19.1. The first kappa shape index (κ1) is 14.8. The molecule has 2 rings (SSSR count). The van der Waals surface area contributed by atoms with Crippen molar-refractivity contribution < 1.29 is 9.60 Å². The van der Waals surface area contributed by atoms with Crippen LogP contribution in [0, 0.1) is 11.7 Å². The van der Waals surface area contributed by atoms with E-state index in [0.29, 0.717) is 12.1 Å². The van der Waals surface area contributed by atoms with Gasteiger partial charge in [0.25, 0.3) is 0 Å². The molecule has 0 aliphatic heterocycles. The van der Waals surface area contributed by atoms with Gasteiger partial charge in [-0.05, 0) is 31.4 Å². The maximum absolute atomic E-state index is 14.3. The second kappa shape index (κ2) is 6.70. The number of hydrogen-bond donors (Lipinski definition) is 2. The summed E-state index contributed by atoms with van der Waals surface area (Å²) in [6, 6.07) is 5.02. The predicted molar refractivity (Wildman–Crippen MR) is 77.2 cm³/mol. The monoisotopic (exact) mass is 279 g/mol. The predicted octanol–water partition coefficient (Wildman–Crippen LogP) is 2.54. The zero-order valence-corrected chi connectivity index (χ0v) is 11.8. The van der Waals surface area contributed by atoms with E-state index in [1.54, 1.807) is 12.1 Å². The molecule has 3 N–H and O–H groups in total. The lowest BCUT2D eigenvalue weighted by Gasteiger charge is -2.31. The van der Waals surface area contributed by atoms with Crippen LogP contribution in [0.25, 0.3) is 0 Å². The van der Waals surface area contributed by atoms with Gasteiger partial charge < -0.3 is 10.9 Å². The molecular formula is C15H22FN3O. The minimum Gasteiger partial charge on any atom is -0.409 e. The van der Waals surface area contributed by atoms with Gasteiger partial charge in [-0.2, -0.15) is 0 Å². The van der Waals surface area contributed by atoms with Crippen molar-refractivity contribution in [1.29, 1.82) is 0 Å². The lowest BCUT2D eigenvalue weighted by molar-refractivity contribution is 0.176. The molecule has 0 heterocycles. The van der Waals surface area contributed by atoms with E-state index in [4.69, 9.17) is 10.9 Å². The molecule has 0 bridgehead atoms. The maximum Gasteiger partial charge on any atom is 0.173 e. The lowest BCUT2D eigenvalue weighted by Crippen LogP contribution is -2.32. The summed E-state index contributed by atoms with van der Waals surface area (Å²) in [5, 5.41) is 11.5. The normalized spacial score (nSPS) is 16.4. The fraction of sp³-hybridized carbons (Fsp3) is 0.533. The van der Waals surface area contributed by atoms with Gasteiger partial charge in [0.2, 0.25) is 0 Å². The standard InChI is InChI=1S/C15H22FN3O/c1-2-19(9-11-5-3-6-11)10-12-7-4-8-13(14(12)16)15(17)18-20/h4,7-8,11,20H,2-3,5-6,9-10H2,1H3,(H2,17,18). The van der Waals surface area contributed by atoms with Crippen molar-refractivity contribution in [2.24, 2.45) is 16.8 Å². The lowest BCUT2D eigenvalue weighted by atomic mass is 9.85. The molecule has 5 heteroatoms. The van der Waals surface area contributed by atoms with Crippen molar-refractivity contribution in [3.63, 3.8) is 0 Å². The number of nitrogens with two attached hydrogens (primary N) is 1. The van der Waals surface area contributed by atoms with Crippen LogP contribution in [0.5, 0.6) is 0 Å². The van der Waals surface area contributed by atoms with E-state index in [9.17, 15) is 4.39 Å². The van der Waals surface area contributed by atoms with Gasteiger partial charge in [-0.1, -0.05) is 30.6 Å². The smallest absolute Gasteiger partial charge is 0.173 e. The summed E-state index contributed by atoms with van der Waals surface area (Å²) < 4.78 is 14.3. The van der Waals surface area contributed by atoms with Crippen LogP contribution in [-0.2, 0) is 6.54 Å². The molecule has 1 aliphatic rings. The van der Waals surface area contributed by atoms with Crippen LogP contribution in [0.1, 0.15) is 37.3 Å². The first-order chi connectivity index (χ1) is 9.65. The van der Waals surface area contributed by atoms with Crippen molar-refractivity contribution in [2.45, 2.75) is 32.7 Å². The van der Waals surface area contributed by atoms with E-state index in [0.717, 1.165) is 19.0 Å². The average Bonchev–Trinajstić information content (AvgIpc) is 2.42. The Hall–Kier alpha value is -1.62. The minimum atomic E-state index is -0.394. The van der Waals surface area contributed by atoms with E-state index in [1.807, 2.05) is 0 Å². The summed E-state index contributed by atoms with van der Waals surface area (Å²) in [5.41, 5.74) is 6.24. The van der Waals surface area contributed by atoms with Crippen LogP contribution < -0.4 is 5.73 Å². The first-order valence-corrected chi connectivity index (χ1v) is 7.13. The Kier molecular flexibility index (Phi) is 4.95. The fourth-order valence-electron chi connectivity index (χ4n) is 2.54. The summed E-state index contributed by atoms with van der Waals surface area (Å²) in [4.78, 5) is 2.25. The number of benzene rings is 1. The Labute approximate surface area is 119 Å². The quantitative estimate of drug-likeness (QED) is 0.364. The number of amidine groups is 1. The van der Waals surface area contributed by atoms with Gasteiger partial charge in [0.15, 0.2) is 5.84 Å². The van der Waals surface area contributed by atoms with Crippen LogP contribution in [0.4, 0.5) is 4.39 Å².